The predicted molar refractivity (Wildman–Crippen MR) is 111 cm³/mol. The van der Waals surface area contributed by atoms with Crippen LogP contribution in [0.4, 0.5) is 0 Å². The van der Waals surface area contributed by atoms with Crippen molar-refractivity contribution in [3.63, 3.8) is 0 Å². The van der Waals surface area contributed by atoms with E-state index in [1.54, 1.807) is 31.2 Å². The number of halogens is 1. The first kappa shape index (κ1) is 20.6. The summed E-state index contributed by atoms with van der Waals surface area (Å²) < 4.78 is 12.0. The van der Waals surface area contributed by atoms with E-state index in [2.05, 4.69) is 5.10 Å². The Morgan fingerprint density at radius 2 is 1.90 bits per heavy atom. The maximum atomic E-state index is 12.7. The van der Waals surface area contributed by atoms with Crippen molar-refractivity contribution in [1.29, 1.82) is 0 Å². The molecule has 0 spiro atoms. The van der Waals surface area contributed by atoms with Crippen LogP contribution in [0.2, 0.25) is 5.02 Å². The lowest BCUT2D eigenvalue weighted by atomic mass is 10.1. The van der Waals surface area contributed by atoms with Crippen molar-refractivity contribution in [3.05, 3.63) is 86.3 Å². The highest BCUT2D eigenvalue weighted by atomic mass is 35.5. The largest absolute Gasteiger partial charge is 0.486 e. The van der Waals surface area contributed by atoms with Crippen molar-refractivity contribution in [1.82, 2.24) is 9.78 Å². The molecular formula is C22H21ClN2O4. The van der Waals surface area contributed by atoms with Gasteiger partial charge in [-0.1, -0.05) is 47.5 Å². The molecule has 0 bridgehead atoms. The van der Waals surface area contributed by atoms with Crippen LogP contribution in [-0.2, 0) is 11.3 Å². The molecule has 7 heteroatoms. The van der Waals surface area contributed by atoms with Gasteiger partial charge in [0, 0.05) is 0 Å². The highest BCUT2D eigenvalue weighted by molar-refractivity contribution is 6.32. The van der Waals surface area contributed by atoms with Crippen LogP contribution >= 0.6 is 11.6 Å². The zero-order chi connectivity index (χ0) is 21.0. The van der Waals surface area contributed by atoms with Crippen LogP contribution in [-0.4, -0.2) is 22.4 Å². The monoisotopic (exact) mass is 412 g/mol. The third-order valence-electron chi connectivity index (χ3n) is 4.33. The van der Waals surface area contributed by atoms with Gasteiger partial charge in [-0.3, -0.25) is 4.79 Å². The second-order valence-corrected chi connectivity index (χ2v) is 6.90. The van der Waals surface area contributed by atoms with Gasteiger partial charge in [-0.25, -0.2) is 4.79 Å². The predicted octanol–water partition coefficient (Wildman–Crippen LogP) is 4.26. The molecule has 0 atom stereocenters. The Balaban J connectivity index is 2.03. The summed E-state index contributed by atoms with van der Waals surface area (Å²) in [6.07, 6.45) is 0. The first-order valence-corrected chi connectivity index (χ1v) is 9.54. The van der Waals surface area contributed by atoms with Crippen LogP contribution in [0, 0.1) is 13.8 Å². The van der Waals surface area contributed by atoms with E-state index in [1.165, 1.54) is 6.07 Å². The van der Waals surface area contributed by atoms with E-state index >= 15 is 0 Å². The summed E-state index contributed by atoms with van der Waals surface area (Å²) >= 11 is 6.19. The fourth-order valence-corrected chi connectivity index (χ4v) is 3.01. The molecule has 3 rings (SSSR count). The van der Waals surface area contributed by atoms with Gasteiger partial charge in [0.25, 0.3) is 5.56 Å². The van der Waals surface area contributed by atoms with Crippen LogP contribution in [0.15, 0.2) is 53.3 Å². The van der Waals surface area contributed by atoms with E-state index in [0.717, 1.165) is 21.4 Å². The summed E-state index contributed by atoms with van der Waals surface area (Å²) in [7, 11) is 0. The van der Waals surface area contributed by atoms with Crippen LogP contribution < -0.4 is 10.3 Å². The molecule has 1 aromatic heterocycles. The first-order valence-electron chi connectivity index (χ1n) is 9.16. The molecule has 0 amide bonds. The number of ether oxygens (including phenoxy) is 2. The summed E-state index contributed by atoms with van der Waals surface area (Å²) in [5.74, 6) is -0.609. The summed E-state index contributed by atoms with van der Waals surface area (Å²) in [4.78, 5) is 25.1. The minimum absolute atomic E-state index is 0.0673. The second-order valence-electron chi connectivity index (χ2n) is 6.50. The Bertz CT molecular complexity index is 1110. The average molecular weight is 413 g/mol. The Labute approximate surface area is 173 Å². The quantitative estimate of drug-likeness (QED) is 0.566. The van der Waals surface area contributed by atoms with E-state index in [0.29, 0.717) is 10.7 Å². The topological polar surface area (TPSA) is 70.4 Å². The maximum Gasteiger partial charge on any atom is 0.362 e. The fourth-order valence-electron chi connectivity index (χ4n) is 2.80. The molecule has 6 nitrogen and oxygen atoms in total. The summed E-state index contributed by atoms with van der Waals surface area (Å²) in [5.41, 5.74) is 2.90. The van der Waals surface area contributed by atoms with Gasteiger partial charge in [0.05, 0.1) is 23.4 Å². The van der Waals surface area contributed by atoms with Crippen LogP contribution in [0.1, 0.15) is 34.1 Å². The molecule has 0 N–H and O–H groups in total. The van der Waals surface area contributed by atoms with E-state index < -0.39 is 11.5 Å². The molecule has 150 valence electrons. The third kappa shape index (κ3) is 4.66. The molecule has 0 saturated carbocycles. The van der Waals surface area contributed by atoms with E-state index in [-0.39, 0.29) is 24.7 Å². The Hall–Kier alpha value is -3.12. The molecule has 1 heterocycles. The van der Waals surface area contributed by atoms with Gasteiger partial charge in [0.1, 0.15) is 6.61 Å². The lowest BCUT2D eigenvalue weighted by Gasteiger charge is -2.14. The summed E-state index contributed by atoms with van der Waals surface area (Å²) in [6, 6.07) is 14.0. The number of nitrogens with zero attached hydrogens (tertiary/aromatic N) is 2. The maximum absolute atomic E-state index is 12.7. The zero-order valence-corrected chi connectivity index (χ0v) is 17.2. The highest BCUT2D eigenvalue weighted by Crippen LogP contribution is 2.22. The molecule has 0 fully saturated rings. The average Bonchev–Trinajstić information content (AvgIpc) is 2.69. The van der Waals surface area contributed by atoms with Gasteiger partial charge in [-0.2, -0.15) is 9.78 Å². The number of hydrogen-bond donors (Lipinski definition) is 0. The smallest absolute Gasteiger partial charge is 0.362 e. The number of aromatic nitrogens is 2. The molecule has 2 aromatic carbocycles. The zero-order valence-electron chi connectivity index (χ0n) is 16.4. The number of para-hydroxylation sites is 1. The fraction of sp³-hybridized carbons (Fsp3) is 0.227. The molecular weight excluding hydrogens is 392 g/mol. The van der Waals surface area contributed by atoms with E-state index in [9.17, 15) is 9.59 Å². The summed E-state index contributed by atoms with van der Waals surface area (Å²) in [6.45, 7) is 6.01. The van der Waals surface area contributed by atoms with Crippen molar-refractivity contribution in [2.24, 2.45) is 0 Å². The molecule has 0 radical (unpaired) electrons. The SMILES string of the molecule is CCOC(=O)c1nn(-c2ccccc2Cl)c(=O)cc1OCc1cc(C)ccc1C. The number of aryl methyl sites for hydroxylation is 2. The highest BCUT2D eigenvalue weighted by Gasteiger charge is 2.20. The minimum Gasteiger partial charge on any atom is -0.486 e. The first-order chi connectivity index (χ1) is 13.9. The number of carbonyl (C=O) groups is 1. The van der Waals surface area contributed by atoms with Gasteiger partial charge in [0.2, 0.25) is 5.69 Å². The van der Waals surface area contributed by atoms with E-state index in [4.69, 9.17) is 21.1 Å². The van der Waals surface area contributed by atoms with E-state index in [1.807, 2.05) is 32.0 Å². The number of benzene rings is 2. The van der Waals surface area contributed by atoms with Gasteiger partial charge < -0.3 is 9.47 Å². The van der Waals surface area contributed by atoms with Crippen LogP contribution in [0.25, 0.3) is 5.69 Å². The van der Waals surface area contributed by atoms with Gasteiger partial charge in [-0.05, 0) is 44.0 Å². The molecule has 0 saturated heterocycles. The second kappa shape index (κ2) is 8.92. The molecule has 0 aliphatic heterocycles. The number of hydrogen-bond acceptors (Lipinski definition) is 5. The van der Waals surface area contributed by atoms with Crippen LogP contribution in [0.5, 0.6) is 5.75 Å². The Morgan fingerprint density at radius 3 is 2.62 bits per heavy atom. The van der Waals surface area contributed by atoms with Crippen molar-refractivity contribution in [3.8, 4) is 11.4 Å². The molecule has 0 aliphatic carbocycles. The van der Waals surface area contributed by atoms with Gasteiger partial charge >= 0.3 is 5.97 Å². The lowest BCUT2D eigenvalue weighted by molar-refractivity contribution is 0.0511. The molecule has 0 unspecified atom stereocenters. The van der Waals surface area contributed by atoms with Crippen molar-refractivity contribution >= 4 is 17.6 Å². The van der Waals surface area contributed by atoms with Gasteiger partial charge in [0.15, 0.2) is 5.75 Å². The number of carbonyl (C=O) groups excluding carboxylic acids is 1. The molecule has 3 aromatic rings. The van der Waals surface area contributed by atoms with Crippen molar-refractivity contribution in [2.45, 2.75) is 27.4 Å². The Morgan fingerprint density at radius 1 is 1.14 bits per heavy atom. The molecule has 29 heavy (non-hydrogen) atoms. The Kier molecular flexibility index (Phi) is 6.34. The van der Waals surface area contributed by atoms with Crippen molar-refractivity contribution < 1.29 is 14.3 Å². The lowest BCUT2D eigenvalue weighted by Crippen LogP contribution is -2.25. The van der Waals surface area contributed by atoms with Crippen molar-refractivity contribution in [2.75, 3.05) is 6.61 Å². The van der Waals surface area contributed by atoms with Crippen LogP contribution in [0.3, 0.4) is 0 Å². The standard InChI is InChI=1S/C22H21ClN2O4/c1-4-28-22(27)21-19(29-13-16-11-14(2)9-10-15(16)3)12-20(26)25(24-21)18-8-6-5-7-17(18)23/h5-12H,4,13H2,1-3H3. The summed E-state index contributed by atoms with van der Waals surface area (Å²) in [5, 5.41) is 4.53. The molecule has 0 aliphatic rings. The van der Waals surface area contributed by atoms with Gasteiger partial charge in [-0.15, -0.1) is 0 Å². The minimum atomic E-state index is -0.677. The number of rotatable bonds is 6. The number of esters is 1. The third-order valence-corrected chi connectivity index (χ3v) is 4.65. The normalized spacial score (nSPS) is 10.6.